The third-order valence-corrected chi connectivity index (χ3v) is 1.93. The van der Waals surface area contributed by atoms with E-state index in [4.69, 9.17) is 9.57 Å². The third-order valence-electron chi connectivity index (χ3n) is 1.93. The highest BCUT2D eigenvalue weighted by atomic mass is 16.7. The molecule has 0 saturated heterocycles. The summed E-state index contributed by atoms with van der Waals surface area (Å²) in [6, 6.07) is 7.01. The Morgan fingerprint density at radius 3 is 2.69 bits per heavy atom. The molecule has 0 spiro atoms. The van der Waals surface area contributed by atoms with Crippen LogP contribution in [0.2, 0.25) is 0 Å². The zero-order valence-corrected chi connectivity index (χ0v) is 9.82. The average molecular weight is 223 g/mol. The first-order valence-electron chi connectivity index (χ1n) is 5.20. The molecule has 0 aliphatic carbocycles. The number of para-hydroxylation sites is 1. The lowest BCUT2D eigenvalue weighted by Crippen LogP contribution is -2.25. The van der Waals surface area contributed by atoms with Gasteiger partial charge in [-0.1, -0.05) is 26.0 Å². The van der Waals surface area contributed by atoms with Crippen molar-refractivity contribution in [3.05, 3.63) is 29.8 Å². The lowest BCUT2D eigenvalue weighted by molar-refractivity contribution is 0.0207. The summed E-state index contributed by atoms with van der Waals surface area (Å²) in [7, 11) is 1.53. The van der Waals surface area contributed by atoms with Crippen molar-refractivity contribution in [1.82, 2.24) is 5.48 Å². The minimum absolute atomic E-state index is 0.293. The molecule has 0 aromatic heterocycles. The smallest absolute Gasteiger partial charge is 0.278 e. The van der Waals surface area contributed by atoms with Gasteiger partial charge < -0.3 is 4.74 Å². The zero-order chi connectivity index (χ0) is 12.0. The Kier molecular flexibility index (Phi) is 4.79. The van der Waals surface area contributed by atoms with E-state index in [1.165, 1.54) is 7.11 Å². The number of carbonyl (C=O) groups excluding carboxylic acids is 1. The summed E-state index contributed by atoms with van der Waals surface area (Å²) in [6.07, 6.45) is 0. The van der Waals surface area contributed by atoms with Crippen molar-refractivity contribution in [3.63, 3.8) is 0 Å². The highest BCUT2D eigenvalue weighted by molar-refractivity contribution is 5.96. The minimum atomic E-state index is -0.293. The van der Waals surface area contributed by atoms with Crippen molar-refractivity contribution in [1.29, 1.82) is 0 Å². The van der Waals surface area contributed by atoms with E-state index in [0.717, 1.165) is 0 Å². The number of rotatable bonds is 5. The molecule has 0 aliphatic heterocycles. The van der Waals surface area contributed by atoms with Crippen LogP contribution in [0.1, 0.15) is 24.2 Å². The number of nitrogens with one attached hydrogen (secondary N) is 1. The molecule has 0 saturated carbocycles. The third kappa shape index (κ3) is 3.55. The van der Waals surface area contributed by atoms with Gasteiger partial charge in [-0.15, -0.1) is 0 Å². The molecule has 0 bridgehead atoms. The maximum absolute atomic E-state index is 11.7. The Balaban J connectivity index is 2.59. The molecule has 1 aromatic rings. The van der Waals surface area contributed by atoms with Crippen LogP contribution in [0, 0.1) is 5.92 Å². The molecule has 0 unspecified atom stereocenters. The van der Waals surface area contributed by atoms with E-state index in [9.17, 15) is 4.79 Å². The minimum Gasteiger partial charge on any atom is -0.496 e. The number of hydrogen-bond donors (Lipinski definition) is 1. The van der Waals surface area contributed by atoms with Crippen LogP contribution in [0.3, 0.4) is 0 Å². The van der Waals surface area contributed by atoms with Gasteiger partial charge in [0, 0.05) is 0 Å². The van der Waals surface area contributed by atoms with Crippen molar-refractivity contribution in [2.24, 2.45) is 5.92 Å². The van der Waals surface area contributed by atoms with E-state index in [1.54, 1.807) is 18.2 Å². The molecule has 0 atom stereocenters. The fourth-order valence-corrected chi connectivity index (χ4v) is 1.16. The monoisotopic (exact) mass is 223 g/mol. The molecular weight excluding hydrogens is 206 g/mol. The summed E-state index contributed by atoms with van der Waals surface area (Å²) in [4.78, 5) is 16.7. The largest absolute Gasteiger partial charge is 0.496 e. The summed E-state index contributed by atoms with van der Waals surface area (Å²) in [5, 5.41) is 0. The van der Waals surface area contributed by atoms with Gasteiger partial charge in [0.25, 0.3) is 5.91 Å². The van der Waals surface area contributed by atoms with E-state index in [2.05, 4.69) is 5.48 Å². The first kappa shape index (κ1) is 12.5. The Hall–Kier alpha value is -1.55. The predicted octanol–water partition coefficient (Wildman–Crippen LogP) is 2.01. The number of hydroxylamine groups is 1. The maximum Gasteiger partial charge on any atom is 0.278 e. The van der Waals surface area contributed by atoms with Gasteiger partial charge in [-0.2, -0.15) is 0 Å². The fourth-order valence-electron chi connectivity index (χ4n) is 1.16. The van der Waals surface area contributed by atoms with Crippen LogP contribution >= 0.6 is 0 Å². The zero-order valence-electron chi connectivity index (χ0n) is 9.82. The van der Waals surface area contributed by atoms with Crippen LogP contribution in [0.15, 0.2) is 24.3 Å². The van der Waals surface area contributed by atoms with Gasteiger partial charge in [0.05, 0.1) is 19.3 Å². The van der Waals surface area contributed by atoms with Crippen LogP contribution in [-0.2, 0) is 4.84 Å². The molecule has 0 heterocycles. The van der Waals surface area contributed by atoms with Crippen molar-refractivity contribution in [2.75, 3.05) is 13.7 Å². The van der Waals surface area contributed by atoms with Gasteiger partial charge in [0.1, 0.15) is 5.75 Å². The standard InChI is InChI=1S/C12H17NO3/c1-9(2)8-16-13-12(14)10-6-4-5-7-11(10)15-3/h4-7,9H,8H2,1-3H3,(H,13,14). The normalized spacial score (nSPS) is 10.2. The maximum atomic E-state index is 11.7. The van der Waals surface area contributed by atoms with Crippen LogP contribution < -0.4 is 10.2 Å². The second-order valence-electron chi connectivity index (χ2n) is 3.84. The molecular formula is C12H17NO3. The van der Waals surface area contributed by atoms with Crippen molar-refractivity contribution in [2.45, 2.75) is 13.8 Å². The fraction of sp³-hybridized carbons (Fsp3) is 0.417. The molecule has 1 N–H and O–H groups in total. The number of amides is 1. The van der Waals surface area contributed by atoms with Gasteiger partial charge in [-0.3, -0.25) is 9.63 Å². The van der Waals surface area contributed by atoms with Crippen LogP contribution in [0.5, 0.6) is 5.75 Å². The van der Waals surface area contributed by atoms with Gasteiger partial charge in [0.15, 0.2) is 0 Å². The quantitative estimate of drug-likeness (QED) is 0.777. The molecule has 0 fully saturated rings. The van der Waals surface area contributed by atoms with Crippen molar-refractivity contribution in [3.8, 4) is 5.75 Å². The second-order valence-corrected chi connectivity index (χ2v) is 3.84. The molecule has 1 aromatic carbocycles. The van der Waals surface area contributed by atoms with E-state index in [-0.39, 0.29) is 5.91 Å². The first-order valence-corrected chi connectivity index (χ1v) is 5.20. The number of hydrogen-bond acceptors (Lipinski definition) is 3. The lowest BCUT2D eigenvalue weighted by Gasteiger charge is -2.10. The number of methoxy groups -OCH3 is 1. The summed E-state index contributed by atoms with van der Waals surface area (Å²) in [5.41, 5.74) is 2.85. The molecule has 16 heavy (non-hydrogen) atoms. The average Bonchev–Trinajstić information content (AvgIpc) is 2.28. The van der Waals surface area contributed by atoms with Crippen molar-refractivity contribution < 1.29 is 14.4 Å². The van der Waals surface area contributed by atoms with Gasteiger partial charge in [-0.05, 0) is 18.1 Å². The summed E-state index contributed by atoms with van der Waals surface area (Å²) in [5.74, 6) is 0.615. The molecule has 1 rings (SSSR count). The summed E-state index contributed by atoms with van der Waals surface area (Å²) in [6.45, 7) is 4.51. The van der Waals surface area contributed by atoms with Gasteiger partial charge in [0.2, 0.25) is 0 Å². The second kappa shape index (κ2) is 6.12. The topological polar surface area (TPSA) is 47.6 Å². The van der Waals surface area contributed by atoms with Crippen molar-refractivity contribution >= 4 is 5.91 Å². The molecule has 0 radical (unpaired) electrons. The summed E-state index contributed by atoms with van der Waals surface area (Å²) < 4.78 is 5.08. The highest BCUT2D eigenvalue weighted by Gasteiger charge is 2.11. The molecule has 88 valence electrons. The Labute approximate surface area is 95.5 Å². The Bertz CT molecular complexity index is 350. The number of carbonyl (C=O) groups is 1. The molecule has 0 aliphatic rings. The number of ether oxygens (including phenoxy) is 1. The lowest BCUT2D eigenvalue weighted by atomic mass is 10.2. The highest BCUT2D eigenvalue weighted by Crippen LogP contribution is 2.16. The molecule has 4 nitrogen and oxygen atoms in total. The Morgan fingerprint density at radius 1 is 1.38 bits per heavy atom. The van der Waals surface area contributed by atoms with E-state index < -0.39 is 0 Å². The number of benzene rings is 1. The molecule has 1 amide bonds. The van der Waals surface area contributed by atoms with Crippen LogP contribution in [0.25, 0.3) is 0 Å². The van der Waals surface area contributed by atoms with E-state index in [1.807, 2.05) is 19.9 Å². The van der Waals surface area contributed by atoms with E-state index in [0.29, 0.717) is 23.8 Å². The van der Waals surface area contributed by atoms with Gasteiger partial charge >= 0.3 is 0 Å². The SMILES string of the molecule is COc1ccccc1C(=O)NOCC(C)C. The Morgan fingerprint density at radius 2 is 2.06 bits per heavy atom. The predicted molar refractivity (Wildman–Crippen MR) is 61.3 cm³/mol. The van der Waals surface area contributed by atoms with Crippen LogP contribution in [0.4, 0.5) is 0 Å². The summed E-state index contributed by atoms with van der Waals surface area (Å²) >= 11 is 0. The van der Waals surface area contributed by atoms with Crippen LogP contribution in [-0.4, -0.2) is 19.6 Å². The molecule has 4 heteroatoms. The van der Waals surface area contributed by atoms with E-state index >= 15 is 0 Å². The van der Waals surface area contributed by atoms with Gasteiger partial charge in [-0.25, -0.2) is 5.48 Å². The first-order chi connectivity index (χ1) is 7.65.